The van der Waals surface area contributed by atoms with Gasteiger partial charge in [0, 0.05) is 11.4 Å². The van der Waals surface area contributed by atoms with Gasteiger partial charge in [-0.2, -0.15) is 0 Å². The normalized spacial score (nSPS) is 10.8. The molecule has 0 aliphatic carbocycles. The van der Waals surface area contributed by atoms with Crippen LogP contribution in [0.3, 0.4) is 0 Å². The Labute approximate surface area is 153 Å². The van der Waals surface area contributed by atoms with Gasteiger partial charge in [0.25, 0.3) is 0 Å². The number of benzene rings is 2. The van der Waals surface area contributed by atoms with Crippen LogP contribution in [0.25, 0.3) is 0 Å². The lowest BCUT2D eigenvalue weighted by atomic mass is 10.0. The molecule has 2 rings (SSSR count). The van der Waals surface area contributed by atoms with E-state index in [1.165, 1.54) is 63.4 Å². The summed E-state index contributed by atoms with van der Waals surface area (Å²) < 4.78 is 0. The maximum absolute atomic E-state index is 9.82. The number of anilines is 2. The molecule has 0 amide bonds. The minimum absolute atomic E-state index is 0.351. The third-order valence-electron chi connectivity index (χ3n) is 4.69. The number of phenols is 1. The largest absolute Gasteiger partial charge is 0.508 e. The first kappa shape index (κ1) is 19.4. The maximum Gasteiger partial charge on any atom is 0.116 e. The molecule has 2 heteroatoms. The van der Waals surface area contributed by atoms with Crippen molar-refractivity contribution in [1.29, 1.82) is 0 Å². The minimum atomic E-state index is 0.351. The molecule has 0 saturated carbocycles. The molecule has 0 aliphatic rings. The number of nitrogens with one attached hydrogen (secondary N) is 1. The van der Waals surface area contributed by atoms with Gasteiger partial charge in [-0.25, -0.2) is 0 Å². The van der Waals surface area contributed by atoms with Crippen LogP contribution < -0.4 is 5.32 Å². The van der Waals surface area contributed by atoms with Gasteiger partial charge in [0.1, 0.15) is 5.75 Å². The van der Waals surface area contributed by atoms with E-state index in [0.29, 0.717) is 5.75 Å². The van der Waals surface area contributed by atoms with E-state index < -0.39 is 0 Å². The monoisotopic (exact) mass is 339 g/mol. The van der Waals surface area contributed by atoms with Gasteiger partial charge >= 0.3 is 0 Å². The summed E-state index contributed by atoms with van der Waals surface area (Å²) in [7, 11) is 0. The molecule has 0 aliphatic heterocycles. The number of aromatic hydroxyl groups is 1. The zero-order valence-corrected chi connectivity index (χ0v) is 15.6. The van der Waals surface area contributed by atoms with Gasteiger partial charge in [0.2, 0.25) is 0 Å². The molecule has 0 heterocycles. The van der Waals surface area contributed by atoms with Gasteiger partial charge in [-0.05, 0) is 48.7 Å². The summed E-state index contributed by atoms with van der Waals surface area (Å²) in [5.74, 6) is 0.351. The van der Waals surface area contributed by atoms with Crippen LogP contribution in [0.2, 0.25) is 0 Å². The molecule has 0 radical (unpaired) electrons. The molecule has 0 bridgehead atoms. The van der Waals surface area contributed by atoms with Crippen molar-refractivity contribution in [2.75, 3.05) is 5.32 Å². The topological polar surface area (TPSA) is 32.3 Å². The Morgan fingerprint density at radius 1 is 0.760 bits per heavy atom. The summed E-state index contributed by atoms with van der Waals surface area (Å²) in [5, 5.41) is 13.3. The number of rotatable bonds is 12. The molecule has 2 aromatic rings. The van der Waals surface area contributed by atoms with Crippen LogP contribution >= 0.6 is 0 Å². The summed E-state index contributed by atoms with van der Waals surface area (Å²) in [4.78, 5) is 0. The lowest BCUT2D eigenvalue weighted by Crippen LogP contribution is -1.96. The van der Waals surface area contributed by atoms with Crippen LogP contribution in [0, 0.1) is 0 Å². The van der Waals surface area contributed by atoms with Crippen LogP contribution in [-0.2, 0) is 6.42 Å². The quantitative estimate of drug-likeness (QED) is 0.316. The van der Waals surface area contributed by atoms with Gasteiger partial charge in [-0.1, -0.05) is 76.5 Å². The van der Waals surface area contributed by atoms with E-state index in [1.54, 1.807) is 6.07 Å². The minimum Gasteiger partial charge on any atom is -0.508 e. The highest BCUT2D eigenvalue weighted by Crippen LogP contribution is 2.26. The molecule has 2 N–H and O–H groups in total. The van der Waals surface area contributed by atoms with E-state index in [-0.39, 0.29) is 0 Å². The van der Waals surface area contributed by atoms with Gasteiger partial charge in [0.05, 0.1) is 0 Å². The van der Waals surface area contributed by atoms with E-state index >= 15 is 0 Å². The molecule has 0 unspecified atom stereocenters. The van der Waals surface area contributed by atoms with Crippen LogP contribution in [0.4, 0.5) is 11.4 Å². The Bertz CT molecular complexity index is 594. The molecule has 136 valence electrons. The number of para-hydroxylation sites is 1. The SMILES string of the molecule is CCCCCCCCCCCc1cc(O)ccc1Nc1ccccc1. The van der Waals surface area contributed by atoms with Crippen molar-refractivity contribution < 1.29 is 5.11 Å². The van der Waals surface area contributed by atoms with Crippen molar-refractivity contribution in [2.45, 2.75) is 71.1 Å². The Balaban J connectivity index is 1.74. The van der Waals surface area contributed by atoms with E-state index in [9.17, 15) is 5.11 Å². The summed E-state index contributed by atoms with van der Waals surface area (Å²) in [5.41, 5.74) is 3.39. The third kappa shape index (κ3) is 7.64. The van der Waals surface area contributed by atoms with E-state index in [0.717, 1.165) is 17.8 Å². The molecular weight excluding hydrogens is 306 g/mol. The second-order valence-corrected chi connectivity index (χ2v) is 6.91. The molecular formula is C23H33NO. The molecule has 0 atom stereocenters. The highest BCUT2D eigenvalue weighted by Gasteiger charge is 2.05. The van der Waals surface area contributed by atoms with Crippen molar-refractivity contribution >= 4 is 11.4 Å². The number of hydrogen-bond acceptors (Lipinski definition) is 2. The number of aryl methyl sites for hydroxylation is 1. The summed E-state index contributed by atoms with van der Waals surface area (Å²) in [6, 6.07) is 15.8. The highest BCUT2D eigenvalue weighted by atomic mass is 16.3. The van der Waals surface area contributed by atoms with Gasteiger partial charge in [-0.3, -0.25) is 0 Å². The van der Waals surface area contributed by atoms with Crippen LogP contribution in [0.15, 0.2) is 48.5 Å². The van der Waals surface area contributed by atoms with Crippen LogP contribution in [0.1, 0.15) is 70.3 Å². The molecule has 2 aromatic carbocycles. The lowest BCUT2D eigenvalue weighted by molar-refractivity contribution is 0.474. The first-order valence-corrected chi connectivity index (χ1v) is 9.93. The number of hydrogen-bond donors (Lipinski definition) is 2. The predicted octanol–water partition coefficient (Wildman–Crippen LogP) is 7.21. The van der Waals surface area contributed by atoms with Gasteiger partial charge in [0.15, 0.2) is 0 Å². The Morgan fingerprint density at radius 2 is 1.40 bits per heavy atom. The number of phenolic OH excluding ortho intramolecular Hbond substituents is 1. The summed E-state index contributed by atoms with van der Waals surface area (Å²) in [6.45, 7) is 2.27. The molecule has 0 spiro atoms. The maximum atomic E-state index is 9.82. The van der Waals surface area contributed by atoms with Crippen molar-refractivity contribution in [3.8, 4) is 5.75 Å². The lowest BCUT2D eigenvalue weighted by Gasteiger charge is -2.13. The van der Waals surface area contributed by atoms with Crippen molar-refractivity contribution in [3.63, 3.8) is 0 Å². The molecule has 0 aromatic heterocycles. The van der Waals surface area contributed by atoms with E-state index in [1.807, 2.05) is 30.3 Å². The van der Waals surface area contributed by atoms with Gasteiger partial charge in [-0.15, -0.1) is 0 Å². The molecule has 25 heavy (non-hydrogen) atoms. The Hall–Kier alpha value is -1.96. The van der Waals surface area contributed by atoms with Gasteiger partial charge < -0.3 is 10.4 Å². The van der Waals surface area contributed by atoms with E-state index in [4.69, 9.17) is 0 Å². The smallest absolute Gasteiger partial charge is 0.116 e. The van der Waals surface area contributed by atoms with Crippen molar-refractivity contribution in [2.24, 2.45) is 0 Å². The fourth-order valence-electron chi connectivity index (χ4n) is 3.21. The standard InChI is InChI=1S/C23H33NO/c1-2-3-4-5-6-7-8-9-11-14-20-19-22(25)17-18-23(20)24-21-15-12-10-13-16-21/h10,12-13,15-19,24-25H,2-9,11,14H2,1H3. The van der Waals surface area contributed by atoms with Crippen LogP contribution in [0.5, 0.6) is 5.75 Å². The third-order valence-corrected chi connectivity index (χ3v) is 4.69. The average molecular weight is 340 g/mol. The molecule has 2 nitrogen and oxygen atoms in total. The Kier molecular flexibility index (Phi) is 8.96. The average Bonchev–Trinajstić information content (AvgIpc) is 2.63. The number of unbranched alkanes of at least 4 members (excludes halogenated alkanes) is 8. The van der Waals surface area contributed by atoms with Crippen molar-refractivity contribution in [3.05, 3.63) is 54.1 Å². The fourth-order valence-corrected chi connectivity index (χ4v) is 3.21. The second kappa shape index (κ2) is 11.6. The first-order valence-electron chi connectivity index (χ1n) is 9.93. The van der Waals surface area contributed by atoms with Crippen LogP contribution in [-0.4, -0.2) is 5.11 Å². The highest BCUT2D eigenvalue weighted by molar-refractivity contribution is 5.64. The zero-order valence-electron chi connectivity index (χ0n) is 15.6. The van der Waals surface area contributed by atoms with E-state index in [2.05, 4.69) is 24.4 Å². The predicted molar refractivity (Wildman–Crippen MR) is 109 cm³/mol. The second-order valence-electron chi connectivity index (χ2n) is 6.91. The zero-order chi connectivity index (χ0) is 17.7. The Morgan fingerprint density at radius 3 is 2.08 bits per heavy atom. The summed E-state index contributed by atoms with van der Waals surface area (Å²) >= 11 is 0. The molecule has 0 fully saturated rings. The van der Waals surface area contributed by atoms with Crippen molar-refractivity contribution in [1.82, 2.24) is 0 Å². The fraction of sp³-hybridized carbons (Fsp3) is 0.478. The molecule has 0 saturated heterocycles. The first-order chi connectivity index (χ1) is 12.3. The summed E-state index contributed by atoms with van der Waals surface area (Å²) in [6.07, 6.45) is 13.0.